The first-order valence-corrected chi connectivity index (χ1v) is 1.48. The maximum absolute atomic E-state index is 3.42. The van der Waals surface area contributed by atoms with Crippen molar-refractivity contribution in [1.29, 1.82) is 0 Å². The summed E-state index contributed by atoms with van der Waals surface area (Å²) in [5.74, 6) is 0. The van der Waals surface area contributed by atoms with E-state index in [1.54, 1.807) is 18.2 Å². The van der Waals surface area contributed by atoms with E-state index in [-0.39, 0.29) is 18.9 Å². The van der Waals surface area contributed by atoms with Crippen molar-refractivity contribution in [2.75, 3.05) is 0 Å². The zero-order valence-electron chi connectivity index (χ0n) is 4.15. The van der Waals surface area contributed by atoms with Gasteiger partial charge in [0, 0.05) is 0 Å². The molecule has 0 aliphatic carbocycles. The summed E-state index contributed by atoms with van der Waals surface area (Å²) in [5, 5.41) is 0. The van der Waals surface area contributed by atoms with Gasteiger partial charge in [0.05, 0.1) is 0 Å². The molecule has 0 fully saturated rings. The Balaban J connectivity index is 0. The minimum atomic E-state index is 0. The molecule has 0 N–H and O–H groups in total. The third-order valence-corrected chi connectivity index (χ3v) is 0.272. The van der Waals surface area contributed by atoms with Crippen molar-refractivity contribution in [2.24, 2.45) is 0 Å². The summed E-state index contributed by atoms with van der Waals surface area (Å²) in [6, 6.07) is 0. The van der Waals surface area contributed by atoms with E-state index < -0.39 is 0 Å². The number of allylic oxidation sites excluding steroid dienone is 3. The van der Waals surface area contributed by atoms with Crippen LogP contribution in [0.3, 0.4) is 0 Å². The molecule has 0 spiro atoms. The van der Waals surface area contributed by atoms with E-state index in [9.17, 15) is 0 Å². The quantitative estimate of drug-likeness (QED) is 0.203. The van der Waals surface area contributed by atoms with Crippen LogP contribution in [0.2, 0.25) is 0 Å². The van der Waals surface area contributed by atoms with Crippen molar-refractivity contribution in [3.63, 3.8) is 0 Å². The summed E-state index contributed by atoms with van der Waals surface area (Å²) in [5.41, 5.74) is 0. The van der Waals surface area contributed by atoms with E-state index >= 15 is 0 Å². The Hall–Kier alpha value is -0.0526. The second-order valence-corrected chi connectivity index (χ2v) is 0.664. The van der Waals surface area contributed by atoms with Crippen LogP contribution < -0.4 is 18.9 Å². The second kappa shape index (κ2) is 8.87. The molecule has 0 amide bonds. The van der Waals surface area contributed by atoms with Crippen LogP contribution in [0.5, 0.6) is 0 Å². The van der Waals surface area contributed by atoms with Gasteiger partial charge >= 0.3 is 18.9 Å². The summed E-state index contributed by atoms with van der Waals surface area (Å²) in [7, 11) is 0. The molecule has 28 valence electrons. The topological polar surface area (TPSA) is 0 Å². The van der Waals surface area contributed by atoms with Gasteiger partial charge in [-0.2, -0.15) is 6.08 Å². The standard InChI is InChI=1S/C5H7.Li/c1-3-5-4-2;/h3-5H,1-2H2;/q-1;+1. The Kier molecular flexibility index (Phi) is 13.8. The first-order chi connectivity index (χ1) is 2.41. The predicted molar refractivity (Wildman–Crippen MR) is 24.7 cm³/mol. The van der Waals surface area contributed by atoms with Crippen molar-refractivity contribution < 1.29 is 18.9 Å². The van der Waals surface area contributed by atoms with Crippen LogP contribution in [0, 0.1) is 6.92 Å². The second-order valence-electron chi connectivity index (χ2n) is 0.664. The maximum Gasteiger partial charge on any atom is 1.00 e. The molecule has 0 aliphatic heterocycles. The van der Waals surface area contributed by atoms with E-state index in [2.05, 4.69) is 13.5 Å². The molecule has 6 heavy (non-hydrogen) atoms. The molecule has 0 heterocycles. The summed E-state index contributed by atoms with van der Waals surface area (Å²) < 4.78 is 0. The van der Waals surface area contributed by atoms with Crippen molar-refractivity contribution in [1.82, 2.24) is 0 Å². The van der Waals surface area contributed by atoms with E-state index in [4.69, 9.17) is 0 Å². The van der Waals surface area contributed by atoms with Crippen LogP contribution in [0.15, 0.2) is 24.8 Å². The largest absolute Gasteiger partial charge is 1.00 e. The molecule has 0 bridgehead atoms. The average molecular weight is 74.1 g/mol. The molecule has 0 saturated heterocycles. The molecule has 0 nitrogen and oxygen atoms in total. The van der Waals surface area contributed by atoms with Crippen LogP contribution in [0.25, 0.3) is 0 Å². The van der Waals surface area contributed by atoms with Crippen LogP contribution in [0.4, 0.5) is 0 Å². The molecular weight excluding hydrogens is 67.0 g/mol. The molecular formula is C5H7Li. The number of rotatable bonds is 1. The van der Waals surface area contributed by atoms with Crippen LogP contribution in [0.1, 0.15) is 0 Å². The Bertz CT molecular complexity index is 45.9. The molecule has 0 rings (SSSR count). The van der Waals surface area contributed by atoms with Gasteiger partial charge in [-0.25, -0.2) is 19.1 Å². The fraction of sp³-hybridized carbons (Fsp3) is 0. The maximum atomic E-state index is 3.42. The first-order valence-electron chi connectivity index (χ1n) is 1.48. The van der Waals surface area contributed by atoms with Crippen molar-refractivity contribution in [3.05, 3.63) is 31.7 Å². The van der Waals surface area contributed by atoms with Gasteiger partial charge in [-0.15, -0.1) is 6.58 Å². The van der Waals surface area contributed by atoms with Gasteiger partial charge < -0.3 is 0 Å². The number of hydrogen-bond donors (Lipinski definition) is 0. The van der Waals surface area contributed by atoms with Gasteiger partial charge in [0.25, 0.3) is 0 Å². The van der Waals surface area contributed by atoms with E-state index in [0.717, 1.165) is 0 Å². The molecule has 0 aromatic rings. The third-order valence-electron chi connectivity index (χ3n) is 0.272. The van der Waals surface area contributed by atoms with Gasteiger partial charge in [-0.05, 0) is 0 Å². The summed E-state index contributed by atoms with van der Waals surface area (Å²) >= 11 is 0. The van der Waals surface area contributed by atoms with Crippen LogP contribution in [-0.2, 0) is 0 Å². The Morgan fingerprint density at radius 2 is 2.00 bits per heavy atom. The summed E-state index contributed by atoms with van der Waals surface area (Å²) in [6.45, 7) is 6.85. The van der Waals surface area contributed by atoms with Gasteiger partial charge in [0.1, 0.15) is 0 Å². The molecule has 0 unspecified atom stereocenters. The van der Waals surface area contributed by atoms with Gasteiger partial charge in [0.15, 0.2) is 0 Å². The van der Waals surface area contributed by atoms with Gasteiger partial charge in [0.2, 0.25) is 0 Å². The van der Waals surface area contributed by atoms with Gasteiger partial charge in [-0.3, -0.25) is 0 Å². The normalized spacial score (nSPS) is 7.33. The fourth-order valence-electron chi connectivity index (χ4n) is 0.0962. The minimum Gasteiger partial charge on any atom is -0.245 e. The van der Waals surface area contributed by atoms with E-state index in [1.165, 1.54) is 0 Å². The molecule has 0 atom stereocenters. The van der Waals surface area contributed by atoms with Crippen molar-refractivity contribution >= 4 is 0 Å². The zero-order valence-corrected chi connectivity index (χ0v) is 4.15. The average Bonchev–Trinajstić information content (AvgIpc) is 1.41. The fourth-order valence-corrected chi connectivity index (χ4v) is 0.0962. The molecule has 0 aliphatic rings. The van der Waals surface area contributed by atoms with Crippen LogP contribution in [-0.4, -0.2) is 0 Å². The minimum absolute atomic E-state index is 0. The van der Waals surface area contributed by atoms with E-state index in [0.29, 0.717) is 0 Å². The zero-order chi connectivity index (χ0) is 4.12. The smallest absolute Gasteiger partial charge is 0.245 e. The molecule has 0 radical (unpaired) electrons. The summed E-state index contributed by atoms with van der Waals surface area (Å²) in [4.78, 5) is 0. The van der Waals surface area contributed by atoms with Crippen molar-refractivity contribution in [2.45, 2.75) is 0 Å². The molecule has 0 saturated carbocycles. The molecule has 0 aromatic carbocycles. The predicted octanol–water partition coefficient (Wildman–Crippen LogP) is -1.43. The Morgan fingerprint density at radius 3 is 2.00 bits per heavy atom. The number of hydrogen-bond acceptors (Lipinski definition) is 0. The Morgan fingerprint density at radius 1 is 1.50 bits per heavy atom. The third kappa shape index (κ3) is 9.04. The van der Waals surface area contributed by atoms with Crippen LogP contribution >= 0.6 is 0 Å². The monoisotopic (exact) mass is 74.1 g/mol. The first kappa shape index (κ1) is 9.34. The van der Waals surface area contributed by atoms with Crippen molar-refractivity contribution in [3.8, 4) is 0 Å². The molecule has 1 heteroatoms. The van der Waals surface area contributed by atoms with E-state index in [1.807, 2.05) is 0 Å². The van der Waals surface area contributed by atoms with Gasteiger partial charge in [-0.1, -0.05) is 0 Å². The molecule has 0 aromatic heterocycles. The SMILES string of the molecule is C=CC=C[CH2-].[Li+]. The Labute approximate surface area is 51.1 Å². The summed E-state index contributed by atoms with van der Waals surface area (Å²) in [6.07, 6.45) is 5.15.